The standard InChI is InChI=1S/C15H23N3O2/c1-11(17(2)3)12-7-9-18(10-8-12)14-6-4-5-13(16-14)15(19)20/h4-6,11-12H,7-10H2,1-3H3,(H,19,20). The Morgan fingerprint density at radius 2 is 2.05 bits per heavy atom. The lowest BCUT2D eigenvalue weighted by Crippen LogP contribution is -2.41. The van der Waals surface area contributed by atoms with E-state index in [1.165, 1.54) is 6.07 Å². The van der Waals surface area contributed by atoms with E-state index in [-0.39, 0.29) is 5.69 Å². The monoisotopic (exact) mass is 277 g/mol. The van der Waals surface area contributed by atoms with Gasteiger partial charge in [0.2, 0.25) is 0 Å². The smallest absolute Gasteiger partial charge is 0.354 e. The van der Waals surface area contributed by atoms with Crippen molar-refractivity contribution in [1.29, 1.82) is 0 Å². The van der Waals surface area contributed by atoms with Gasteiger partial charge < -0.3 is 14.9 Å². The van der Waals surface area contributed by atoms with Crippen LogP contribution >= 0.6 is 0 Å². The second-order valence-electron chi connectivity index (χ2n) is 5.71. The first-order valence-corrected chi connectivity index (χ1v) is 7.10. The number of carboxylic acids is 1. The Labute approximate surface area is 120 Å². The van der Waals surface area contributed by atoms with Crippen molar-refractivity contribution < 1.29 is 9.90 Å². The van der Waals surface area contributed by atoms with Crippen LogP contribution in [-0.4, -0.2) is 54.2 Å². The van der Waals surface area contributed by atoms with Gasteiger partial charge in [0.15, 0.2) is 5.69 Å². The van der Waals surface area contributed by atoms with Crippen molar-refractivity contribution in [2.45, 2.75) is 25.8 Å². The number of aromatic nitrogens is 1. The van der Waals surface area contributed by atoms with Crippen molar-refractivity contribution in [3.63, 3.8) is 0 Å². The summed E-state index contributed by atoms with van der Waals surface area (Å²) in [6.45, 7) is 4.15. The van der Waals surface area contributed by atoms with E-state index >= 15 is 0 Å². The predicted octanol–water partition coefficient (Wildman–Crippen LogP) is 1.95. The third-order valence-corrected chi connectivity index (χ3v) is 4.31. The molecule has 1 N–H and O–H groups in total. The lowest BCUT2D eigenvalue weighted by atomic mass is 9.90. The molecule has 5 nitrogen and oxygen atoms in total. The molecule has 0 amide bonds. The van der Waals surface area contributed by atoms with Gasteiger partial charge in [0.25, 0.3) is 0 Å². The summed E-state index contributed by atoms with van der Waals surface area (Å²) in [6, 6.07) is 5.77. The summed E-state index contributed by atoms with van der Waals surface area (Å²) < 4.78 is 0. The molecule has 110 valence electrons. The van der Waals surface area contributed by atoms with Gasteiger partial charge >= 0.3 is 5.97 Å². The molecule has 5 heteroatoms. The van der Waals surface area contributed by atoms with Gasteiger partial charge in [-0.05, 0) is 51.9 Å². The Morgan fingerprint density at radius 1 is 1.40 bits per heavy atom. The van der Waals surface area contributed by atoms with Crippen LogP contribution < -0.4 is 4.90 Å². The zero-order valence-corrected chi connectivity index (χ0v) is 12.4. The first-order chi connectivity index (χ1) is 9.49. The number of piperidine rings is 1. The molecule has 20 heavy (non-hydrogen) atoms. The van der Waals surface area contributed by atoms with Crippen LogP contribution in [-0.2, 0) is 0 Å². The van der Waals surface area contributed by atoms with Gasteiger partial charge in [0.05, 0.1) is 0 Å². The second kappa shape index (κ2) is 6.22. The molecule has 0 aromatic carbocycles. The fourth-order valence-electron chi connectivity index (χ4n) is 2.75. The number of aromatic carboxylic acids is 1. The molecule has 1 aromatic heterocycles. The third kappa shape index (κ3) is 3.28. The highest BCUT2D eigenvalue weighted by Gasteiger charge is 2.25. The van der Waals surface area contributed by atoms with Gasteiger partial charge in [-0.3, -0.25) is 0 Å². The van der Waals surface area contributed by atoms with E-state index in [4.69, 9.17) is 5.11 Å². The Bertz CT molecular complexity index is 468. The van der Waals surface area contributed by atoms with Crippen LogP contribution in [0.2, 0.25) is 0 Å². The van der Waals surface area contributed by atoms with Crippen molar-refractivity contribution >= 4 is 11.8 Å². The van der Waals surface area contributed by atoms with Crippen LogP contribution in [0.1, 0.15) is 30.3 Å². The molecule has 1 unspecified atom stereocenters. The summed E-state index contributed by atoms with van der Waals surface area (Å²) in [6.07, 6.45) is 2.25. The maximum Gasteiger partial charge on any atom is 0.354 e. The van der Waals surface area contributed by atoms with Crippen LogP contribution in [0.3, 0.4) is 0 Å². The Kier molecular flexibility index (Phi) is 4.60. The van der Waals surface area contributed by atoms with Crippen molar-refractivity contribution in [1.82, 2.24) is 9.88 Å². The number of hydrogen-bond acceptors (Lipinski definition) is 4. The van der Waals surface area contributed by atoms with E-state index in [1.54, 1.807) is 6.07 Å². The maximum atomic E-state index is 11.0. The molecule has 0 aliphatic carbocycles. The van der Waals surface area contributed by atoms with Crippen LogP contribution in [0.25, 0.3) is 0 Å². The van der Waals surface area contributed by atoms with Gasteiger partial charge in [-0.2, -0.15) is 0 Å². The zero-order chi connectivity index (χ0) is 14.7. The highest BCUT2D eigenvalue weighted by Crippen LogP contribution is 2.25. The highest BCUT2D eigenvalue weighted by atomic mass is 16.4. The zero-order valence-electron chi connectivity index (χ0n) is 12.4. The number of rotatable bonds is 4. The molecule has 0 saturated carbocycles. The van der Waals surface area contributed by atoms with Gasteiger partial charge in [-0.25, -0.2) is 9.78 Å². The fourth-order valence-corrected chi connectivity index (χ4v) is 2.75. The molecule has 1 atom stereocenters. The van der Waals surface area contributed by atoms with Crippen LogP contribution in [0, 0.1) is 5.92 Å². The molecule has 0 bridgehead atoms. The quantitative estimate of drug-likeness (QED) is 0.911. The Hall–Kier alpha value is -1.62. The predicted molar refractivity (Wildman–Crippen MR) is 79.3 cm³/mol. The SMILES string of the molecule is CC(C1CCN(c2cccc(C(=O)O)n2)CC1)N(C)C. The van der Waals surface area contributed by atoms with Gasteiger partial charge in [0.1, 0.15) is 5.82 Å². The lowest BCUT2D eigenvalue weighted by Gasteiger charge is -2.37. The normalized spacial score (nSPS) is 18.3. The molecule has 0 radical (unpaired) electrons. The molecule has 1 aromatic rings. The average molecular weight is 277 g/mol. The first-order valence-electron chi connectivity index (χ1n) is 7.10. The van der Waals surface area contributed by atoms with Crippen molar-refractivity contribution in [2.24, 2.45) is 5.92 Å². The minimum Gasteiger partial charge on any atom is -0.477 e. The number of nitrogens with zero attached hydrogens (tertiary/aromatic N) is 3. The van der Waals surface area contributed by atoms with E-state index in [9.17, 15) is 4.79 Å². The highest BCUT2D eigenvalue weighted by molar-refractivity contribution is 5.85. The number of hydrogen-bond donors (Lipinski definition) is 1. The molecule has 1 saturated heterocycles. The van der Waals surface area contributed by atoms with E-state index < -0.39 is 5.97 Å². The van der Waals surface area contributed by atoms with Crippen molar-refractivity contribution in [2.75, 3.05) is 32.1 Å². The van der Waals surface area contributed by atoms with Gasteiger partial charge in [0, 0.05) is 19.1 Å². The number of carboxylic acid groups (broad SMARTS) is 1. The number of carbonyl (C=O) groups is 1. The van der Waals surface area contributed by atoms with Crippen molar-refractivity contribution in [3.05, 3.63) is 23.9 Å². The summed E-state index contributed by atoms with van der Waals surface area (Å²) in [5, 5.41) is 9.00. The number of pyridine rings is 1. The molecule has 1 fully saturated rings. The lowest BCUT2D eigenvalue weighted by molar-refractivity contribution is 0.0690. The third-order valence-electron chi connectivity index (χ3n) is 4.31. The van der Waals surface area contributed by atoms with Crippen LogP contribution in [0.15, 0.2) is 18.2 Å². The first kappa shape index (κ1) is 14.8. The molecule has 2 heterocycles. The van der Waals surface area contributed by atoms with Crippen LogP contribution in [0.5, 0.6) is 0 Å². The van der Waals surface area contributed by atoms with Gasteiger partial charge in [-0.1, -0.05) is 6.07 Å². The van der Waals surface area contributed by atoms with E-state index in [0.717, 1.165) is 31.7 Å². The largest absolute Gasteiger partial charge is 0.477 e. The molecule has 0 spiro atoms. The minimum atomic E-state index is -0.969. The summed E-state index contributed by atoms with van der Waals surface area (Å²) in [4.78, 5) is 19.6. The summed E-state index contributed by atoms with van der Waals surface area (Å²) in [7, 11) is 4.24. The maximum absolute atomic E-state index is 11.0. The number of anilines is 1. The Morgan fingerprint density at radius 3 is 2.60 bits per heavy atom. The summed E-state index contributed by atoms with van der Waals surface area (Å²) in [5.41, 5.74) is 0.117. The van der Waals surface area contributed by atoms with E-state index in [0.29, 0.717) is 12.0 Å². The Balaban J connectivity index is 2.00. The van der Waals surface area contributed by atoms with E-state index in [2.05, 4.69) is 35.8 Å². The average Bonchev–Trinajstić information content (AvgIpc) is 2.46. The minimum absolute atomic E-state index is 0.117. The summed E-state index contributed by atoms with van der Waals surface area (Å²) >= 11 is 0. The molecular formula is C15H23N3O2. The van der Waals surface area contributed by atoms with E-state index in [1.807, 2.05) is 6.07 Å². The molecular weight excluding hydrogens is 254 g/mol. The second-order valence-corrected chi connectivity index (χ2v) is 5.71. The topological polar surface area (TPSA) is 56.7 Å². The molecule has 1 aliphatic heterocycles. The molecule has 1 aliphatic rings. The van der Waals surface area contributed by atoms with Crippen molar-refractivity contribution in [3.8, 4) is 0 Å². The van der Waals surface area contributed by atoms with Crippen LogP contribution in [0.4, 0.5) is 5.82 Å². The van der Waals surface area contributed by atoms with Gasteiger partial charge in [-0.15, -0.1) is 0 Å². The fraction of sp³-hybridized carbons (Fsp3) is 0.600. The summed E-state index contributed by atoms with van der Waals surface area (Å²) in [5.74, 6) is 0.507. The molecule has 2 rings (SSSR count).